The summed E-state index contributed by atoms with van der Waals surface area (Å²) in [5.41, 5.74) is 1.68. The summed E-state index contributed by atoms with van der Waals surface area (Å²) in [4.78, 5) is 15.2. The Balaban J connectivity index is 2.39. The van der Waals surface area contributed by atoms with Gasteiger partial charge in [0.1, 0.15) is 16.5 Å². The highest BCUT2D eigenvalue weighted by molar-refractivity contribution is 6.29. The number of benzene rings is 1. The van der Waals surface area contributed by atoms with Gasteiger partial charge in [0.2, 0.25) is 0 Å². The molecule has 2 N–H and O–H groups in total. The van der Waals surface area contributed by atoms with Crippen molar-refractivity contribution in [3.05, 3.63) is 52.7 Å². The summed E-state index contributed by atoms with van der Waals surface area (Å²) in [6.07, 6.45) is 0. The fraction of sp³-hybridized carbons (Fsp3) is 0.143. The molecule has 6 heteroatoms. The molecule has 5 nitrogen and oxygen atoms in total. The average molecular weight is 293 g/mol. The molecule has 2 rings (SSSR count). The zero-order valence-electron chi connectivity index (χ0n) is 10.8. The number of pyridine rings is 1. The number of methoxy groups -OCH3 is 1. The molecule has 0 amide bonds. The van der Waals surface area contributed by atoms with Crippen molar-refractivity contribution >= 4 is 29.1 Å². The Morgan fingerprint density at radius 3 is 2.80 bits per heavy atom. The van der Waals surface area contributed by atoms with Crippen LogP contribution in [0.1, 0.15) is 15.9 Å². The smallest absolute Gasteiger partial charge is 0.339 e. The van der Waals surface area contributed by atoms with E-state index in [1.807, 2.05) is 24.3 Å². The second-order valence-electron chi connectivity index (χ2n) is 4.05. The molecular formula is C14H13ClN2O3. The van der Waals surface area contributed by atoms with Gasteiger partial charge in [-0.25, -0.2) is 9.78 Å². The van der Waals surface area contributed by atoms with Gasteiger partial charge in [-0.2, -0.15) is 0 Å². The maximum absolute atomic E-state index is 11.2. The molecule has 0 aliphatic rings. The van der Waals surface area contributed by atoms with Gasteiger partial charge in [0.25, 0.3) is 0 Å². The first-order valence-corrected chi connectivity index (χ1v) is 6.23. The zero-order valence-corrected chi connectivity index (χ0v) is 11.5. The summed E-state index contributed by atoms with van der Waals surface area (Å²) in [6.45, 7) is 0.409. The lowest BCUT2D eigenvalue weighted by molar-refractivity contribution is 0.0697. The second kappa shape index (κ2) is 6.36. The Morgan fingerprint density at radius 1 is 1.35 bits per heavy atom. The summed E-state index contributed by atoms with van der Waals surface area (Å²) < 4.78 is 5.10. The van der Waals surface area contributed by atoms with Crippen molar-refractivity contribution in [3.63, 3.8) is 0 Å². The van der Waals surface area contributed by atoms with Crippen LogP contribution in [0.3, 0.4) is 0 Å². The number of ether oxygens (including phenoxy) is 1. The number of rotatable bonds is 5. The van der Waals surface area contributed by atoms with Crippen molar-refractivity contribution in [2.24, 2.45) is 0 Å². The molecule has 0 bridgehead atoms. The van der Waals surface area contributed by atoms with Gasteiger partial charge in [-0.05, 0) is 18.2 Å². The Kier molecular flexibility index (Phi) is 4.55. The quantitative estimate of drug-likeness (QED) is 0.827. The summed E-state index contributed by atoms with van der Waals surface area (Å²) in [5.74, 6) is -0.866. The van der Waals surface area contributed by atoms with Crippen LogP contribution < -0.4 is 5.32 Å². The van der Waals surface area contributed by atoms with Crippen LogP contribution in [-0.4, -0.2) is 23.2 Å². The molecular weight excluding hydrogens is 280 g/mol. The predicted molar refractivity (Wildman–Crippen MR) is 76.6 cm³/mol. The maximum atomic E-state index is 11.2. The highest BCUT2D eigenvalue weighted by Gasteiger charge is 2.13. The Labute approximate surface area is 121 Å². The van der Waals surface area contributed by atoms with Gasteiger partial charge < -0.3 is 15.2 Å². The molecule has 104 valence electrons. The van der Waals surface area contributed by atoms with E-state index in [0.29, 0.717) is 6.61 Å². The minimum absolute atomic E-state index is 0.0571. The van der Waals surface area contributed by atoms with E-state index >= 15 is 0 Å². The van der Waals surface area contributed by atoms with Crippen LogP contribution >= 0.6 is 11.6 Å². The summed E-state index contributed by atoms with van der Waals surface area (Å²) in [7, 11) is 1.59. The monoisotopic (exact) mass is 292 g/mol. The van der Waals surface area contributed by atoms with Crippen LogP contribution in [0, 0.1) is 0 Å². The van der Waals surface area contributed by atoms with Gasteiger partial charge in [-0.15, -0.1) is 0 Å². The van der Waals surface area contributed by atoms with Crippen molar-refractivity contribution in [1.82, 2.24) is 4.98 Å². The Bertz CT molecular complexity index is 632. The molecule has 20 heavy (non-hydrogen) atoms. The number of carboxylic acid groups (broad SMARTS) is 1. The second-order valence-corrected chi connectivity index (χ2v) is 4.44. The molecule has 0 unspecified atom stereocenters. The SMILES string of the molecule is COCc1ccccc1Nc1nc(Cl)ccc1C(=O)O. The molecule has 0 radical (unpaired) electrons. The molecule has 0 saturated carbocycles. The molecule has 1 aromatic carbocycles. The van der Waals surface area contributed by atoms with Gasteiger partial charge in [-0.3, -0.25) is 0 Å². The Hall–Kier alpha value is -2.11. The maximum Gasteiger partial charge on any atom is 0.339 e. The van der Waals surface area contributed by atoms with Crippen LogP contribution in [0.25, 0.3) is 0 Å². The minimum Gasteiger partial charge on any atom is -0.478 e. The van der Waals surface area contributed by atoms with Gasteiger partial charge >= 0.3 is 5.97 Å². The number of carbonyl (C=O) groups is 1. The predicted octanol–water partition coefficient (Wildman–Crippen LogP) is 3.32. The van der Waals surface area contributed by atoms with E-state index in [2.05, 4.69) is 10.3 Å². The van der Waals surface area contributed by atoms with E-state index in [1.165, 1.54) is 12.1 Å². The first-order valence-electron chi connectivity index (χ1n) is 5.85. The zero-order chi connectivity index (χ0) is 14.5. The van der Waals surface area contributed by atoms with E-state index < -0.39 is 5.97 Å². The van der Waals surface area contributed by atoms with Crippen LogP contribution in [0.4, 0.5) is 11.5 Å². The number of para-hydroxylation sites is 1. The number of hydrogen-bond donors (Lipinski definition) is 2. The van der Waals surface area contributed by atoms with Crippen LogP contribution in [0.5, 0.6) is 0 Å². The van der Waals surface area contributed by atoms with E-state index in [-0.39, 0.29) is 16.5 Å². The first kappa shape index (κ1) is 14.3. The van der Waals surface area contributed by atoms with Gasteiger partial charge in [0.05, 0.1) is 6.61 Å². The van der Waals surface area contributed by atoms with Gasteiger partial charge in [-0.1, -0.05) is 29.8 Å². The number of hydrogen-bond acceptors (Lipinski definition) is 4. The number of aromatic carboxylic acids is 1. The lowest BCUT2D eigenvalue weighted by atomic mass is 10.1. The standard InChI is InChI=1S/C14H13ClN2O3/c1-20-8-9-4-2-3-5-11(9)16-13-10(14(18)19)6-7-12(15)17-13/h2-7H,8H2,1H3,(H,16,17)(H,18,19). The fourth-order valence-electron chi connectivity index (χ4n) is 1.75. The van der Waals surface area contributed by atoms with Crippen molar-refractivity contribution in [1.29, 1.82) is 0 Å². The third-order valence-corrected chi connectivity index (χ3v) is 2.87. The molecule has 0 saturated heterocycles. The van der Waals surface area contributed by atoms with E-state index in [4.69, 9.17) is 21.4 Å². The number of anilines is 2. The number of halogens is 1. The normalized spacial score (nSPS) is 10.3. The lowest BCUT2D eigenvalue weighted by Gasteiger charge is -2.12. The molecule has 1 heterocycles. The van der Waals surface area contributed by atoms with Crippen LogP contribution in [-0.2, 0) is 11.3 Å². The molecule has 1 aromatic heterocycles. The molecule has 0 atom stereocenters. The van der Waals surface area contributed by atoms with Crippen molar-refractivity contribution in [3.8, 4) is 0 Å². The minimum atomic E-state index is -1.07. The number of aromatic nitrogens is 1. The molecule has 2 aromatic rings. The number of nitrogens with zero attached hydrogens (tertiary/aromatic N) is 1. The molecule has 0 spiro atoms. The summed E-state index contributed by atoms with van der Waals surface area (Å²) in [6, 6.07) is 10.3. The van der Waals surface area contributed by atoms with Gasteiger partial charge in [0, 0.05) is 18.4 Å². The van der Waals surface area contributed by atoms with Crippen LogP contribution in [0.15, 0.2) is 36.4 Å². The van der Waals surface area contributed by atoms with Crippen LogP contribution in [0.2, 0.25) is 5.15 Å². The number of nitrogens with one attached hydrogen (secondary N) is 1. The largest absolute Gasteiger partial charge is 0.478 e. The topological polar surface area (TPSA) is 71.5 Å². The lowest BCUT2D eigenvalue weighted by Crippen LogP contribution is -2.06. The third-order valence-electron chi connectivity index (χ3n) is 2.66. The molecule has 0 aliphatic heterocycles. The van der Waals surface area contributed by atoms with Crippen molar-refractivity contribution < 1.29 is 14.6 Å². The van der Waals surface area contributed by atoms with Crippen molar-refractivity contribution in [2.75, 3.05) is 12.4 Å². The van der Waals surface area contributed by atoms with E-state index in [0.717, 1.165) is 11.3 Å². The van der Waals surface area contributed by atoms with Crippen molar-refractivity contribution in [2.45, 2.75) is 6.61 Å². The van der Waals surface area contributed by atoms with Gasteiger partial charge in [0.15, 0.2) is 0 Å². The number of carboxylic acids is 1. The third kappa shape index (κ3) is 3.26. The van der Waals surface area contributed by atoms with E-state index in [9.17, 15) is 4.79 Å². The highest BCUT2D eigenvalue weighted by atomic mass is 35.5. The molecule has 0 aliphatic carbocycles. The highest BCUT2D eigenvalue weighted by Crippen LogP contribution is 2.24. The molecule has 0 fully saturated rings. The summed E-state index contributed by atoms with van der Waals surface area (Å²) >= 11 is 5.82. The fourth-order valence-corrected chi connectivity index (χ4v) is 1.90. The van der Waals surface area contributed by atoms with E-state index in [1.54, 1.807) is 7.11 Å². The summed E-state index contributed by atoms with van der Waals surface area (Å²) in [5, 5.41) is 12.4. The average Bonchev–Trinajstić information content (AvgIpc) is 2.41. The Morgan fingerprint density at radius 2 is 2.10 bits per heavy atom. The first-order chi connectivity index (χ1) is 9.61.